The molecule has 4 unspecified atom stereocenters. The van der Waals surface area contributed by atoms with Crippen molar-refractivity contribution in [1.29, 1.82) is 0 Å². The van der Waals surface area contributed by atoms with Crippen LogP contribution in [0, 0.1) is 0 Å². The second-order valence-electron chi connectivity index (χ2n) is 5.53. The van der Waals surface area contributed by atoms with Crippen LogP contribution in [0.5, 0.6) is 0 Å². The van der Waals surface area contributed by atoms with Gasteiger partial charge in [0.1, 0.15) is 0 Å². The van der Waals surface area contributed by atoms with E-state index in [0.29, 0.717) is 23.5 Å². The highest BCUT2D eigenvalue weighted by molar-refractivity contribution is 9.09. The summed E-state index contributed by atoms with van der Waals surface area (Å²) in [5, 5.41) is 10.4. The van der Waals surface area contributed by atoms with Crippen LogP contribution < -0.4 is 16.0 Å². The second kappa shape index (κ2) is 5.45. The number of hydrogen-bond acceptors (Lipinski definition) is 4. The first-order chi connectivity index (χ1) is 8.72. The van der Waals surface area contributed by atoms with Gasteiger partial charge in [0, 0.05) is 36.5 Å². The SMILES string of the molecule is O=C1CNCCN1CC1NC2CCC(Br)CC2N1. The smallest absolute Gasteiger partial charge is 0.236 e. The molecule has 18 heavy (non-hydrogen) atoms. The lowest BCUT2D eigenvalue weighted by Crippen LogP contribution is -2.54. The molecular weight excluding hydrogens is 296 g/mol. The lowest BCUT2D eigenvalue weighted by Gasteiger charge is -2.30. The summed E-state index contributed by atoms with van der Waals surface area (Å²) in [6, 6.07) is 1.15. The molecule has 3 fully saturated rings. The van der Waals surface area contributed by atoms with Crippen LogP contribution in [-0.4, -0.2) is 60.1 Å². The maximum absolute atomic E-state index is 11.7. The Hall–Kier alpha value is -0.170. The fourth-order valence-corrected chi connectivity index (χ4v) is 3.90. The van der Waals surface area contributed by atoms with Gasteiger partial charge < -0.3 is 10.2 Å². The molecule has 2 aliphatic heterocycles. The zero-order valence-corrected chi connectivity index (χ0v) is 12.1. The van der Waals surface area contributed by atoms with Gasteiger partial charge in [-0.3, -0.25) is 15.4 Å². The fraction of sp³-hybridized carbons (Fsp3) is 0.917. The Kier molecular flexibility index (Phi) is 3.89. The summed E-state index contributed by atoms with van der Waals surface area (Å²) in [5.41, 5.74) is 0. The maximum Gasteiger partial charge on any atom is 0.236 e. The highest BCUT2D eigenvalue weighted by Crippen LogP contribution is 2.27. The van der Waals surface area contributed by atoms with E-state index in [9.17, 15) is 4.79 Å². The molecule has 0 aromatic carbocycles. The second-order valence-corrected chi connectivity index (χ2v) is 6.82. The molecule has 2 heterocycles. The van der Waals surface area contributed by atoms with Crippen molar-refractivity contribution in [3.05, 3.63) is 0 Å². The van der Waals surface area contributed by atoms with Crippen molar-refractivity contribution in [2.75, 3.05) is 26.2 Å². The number of alkyl halides is 1. The highest BCUT2D eigenvalue weighted by Gasteiger charge is 2.38. The number of hydrogen-bond donors (Lipinski definition) is 3. The van der Waals surface area contributed by atoms with Gasteiger partial charge in [-0.15, -0.1) is 0 Å². The van der Waals surface area contributed by atoms with Crippen molar-refractivity contribution in [2.24, 2.45) is 0 Å². The van der Waals surface area contributed by atoms with Gasteiger partial charge in [-0.05, 0) is 19.3 Å². The molecule has 1 amide bonds. The molecule has 0 aromatic heterocycles. The zero-order chi connectivity index (χ0) is 12.5. The van der Waals surface area contributed by atoms with Gasteiger partial charge in [0.25, 0.3) is 0 Å². The lowest BCUT2D eigenvalue weighted by molar-refractivity contribution is -0.132. The monoisotopic (exact) mass is 316 g/mol. The van der Waals surface area contributed by atoms with Crippen LogP contribution in [0.4, 0.5) is 0 Å². The maximum atomic E-state index is 11.7. The van der Waals surface area contributed by atoms with Crippen LogP contribution in [0.1, 0.15) is 19.3 Å². The molecule has 3 rings (SSSR count). The van der Waals surface area contributed by atoms with Crippen LogP contribution in [0.25, 0.3) is 0 Å². The number of rotatable bonds is 2. The summed E-state index contributed by atoms with van der Waals surface area (Å²) in [6.07, 6.45) is 3.91. The molecule has 0 bridgehead atoms. The minimum absolute atomic E-state index is 0.220. The molecule has 4 atom stereocenters. The normalized spacial score (nSPS) is 40.9. The van der Waals surface area contributed by atoms with Crippen LogP contribution >= 0.6 is 15.9 Å². The largest absolute Gasteiger partial charge is 0.337 e. The van der Waals surface area contributed by atoms with Crippen LogP contribution in [0.3, 0.4) is 0 Å². The molecule has 5 nitrogen and oxygen atoms in total. The number of carbonyl (C=O) groups excluding carboxylic acids is 1. The predicted octanol–water partition coefficient (Wildman–Crippen LogP) is -0.378. The van der Waals surface area contributed by atoms with E-state index in [1.165, 1.54) is 19.3 Å². The Bertz CT molecular complexity index is 327. The molecule has 1 aliphatic carbocycles. The van der Waals surface area contributed by atoms with Gasteiger partial charge in [0.2, 0.25) is 5.91 Å². The van der Waals surface area contributed by atoms with E-state index in [0.717, 1.165) is 19.6 Å². The van der Waals surface area contributed by atoms with E-state index in [1.54, 1.807) is 0 Å². The van der Waals surface area contributed by atoms with E-state index in [1.807, 2.05) is 4.90 Å². The molecule has 3 N–H and O–H groups in total. The highest BCUT2D eigenvalue weighted by atomic mass is 79.9. The molecule has 0 aromatic rings. The summed E-state index contributed by atoms with van der Waals surface area (Å²) < 4.78 is 0. The zero-order valence-electron chi connectivity index (χ0n) is 10.5. The van der Waals surface area contributed by atoms with Crippen molar-refractivity contribution in [3.8, 4) is 0 Å². The average Bonchev–Trinajstić information content (AvgIpc) is 2.73. The Morgan fingerprint density at radius 3 is 2.94 bits per heavy atom. The fourth-order valence-electron chi connectivity index (χ4n) is 3.23. The summed E-state index contributed by atoms with van der Waals surface area (Å²) in [6.45, 7) is 3.02. The van der Waals surface area contributed by atoms with Gasteiger partial charge in [0.15, 0.2) is 0 Å². The van der Waals surface area contributed by atoms with Crippen LogP contribution in [0.2, 0.25) is 0 Å². The molecule has 102 valence electrons. The topological polar surface area (TPSA) is 56.4 Å². The van der Waals surface area contributed by atoms with Gasteiger partial charge in [-0.1, -0.05) is 15.9 Å². The van der Waals surface area contributed by atoms with E-state index in [2.05, 4.69) is 31.9 Å². The van der Waals surface area contributed by atoms with E-state index in [-0.39, 0.29) is 12.1 Å². The Balaban J connectivity index is 1.54. The van der Waals surface area contributed by atoms with E-state index < -0.39 is 0 Å². The van der Waals surface area contributed by atoms with Gasteiger partial charge in [-0.2, -0.15) is 0 Å². The molecule has 2 saturated heterocycles. The standard InChI is InChI=1S/C12H21BrN4O/c13-8-1-2-9-10(5-8)16-11(15-9)7-17-4-3-14-6-12(17)18/h8-11,14-16H,1-7H2. The summed E-state index contributed by atoms with van der Waals surface area (Å²) in [4.78, 5) is 14.4. The summed E-state index contributed by atoms with van der Waals surface area (Å²) in [7, 11) is 0. The Morgan fingerprint density at radius 1 is 1.28 bits per heavy atom. The molecule has 1 saturated carbocycles. The number of nitrogens with one attached hydrogen (secondary N) is 3. The molecule has 3 aliphatic rings. The van der Waals surface area contributed by atoms with Crippen LogP contribution in [0.15, 0.2) is 0 Å². The van der Waals surface area contributed by atoms with E-state index >= 15 is 0 Å². The number of amides is 1. The number of fused-ring (bicyclic) bond motifs is 1. The number of piperazine rings is 1. The van der Waals surface area contributed by atoms with Gasteiger partial charge in [-0.25, -0.2) is 0 Å². The first kappa shape index (κ1) is 12.8. The Morgan fingerprint density at radius 2 is 2.11 bits per heavy atom. The summed E-state index contributed by atoms with van der Waals surface area (Å²) >= 11 is 3.71. The third-order valence-corrected chi connectivity index (χ3v) is 5.04. The van der Waals surface area contributed by atoms with Gasteiger partial charge >= 0.3 is 0 Å². The summed E-state index contributed by atoms with van der Waals surface area (Å²) in [5.74, 6) is 0.220. The first-order valence-electron chi connectivity index (χ1n) is 6.87. The van der Waals surface area contributed by atoms with Crippen molar-refractivity contribution < 1.29 is 4.79 Å². The number of carbonyl (C=O) groups is 1. The van der Waals surface area contributed by atoms with Crippen molar-refractivity contribution in [2.45, 2.75) is 42.3 Å². The average molecular weight is 317 g/mol. The number of halogens is 1. The van der Waals surface area contributed by atoms with E-state index in [4.69, 9.17) is 0 Å². The lowest BCUT2D eigenvalue weighted by atomic mass is 9.92. The van der Waals surface area contributed by atoms with Crippen molar-refractivity contribution in [1.82, 2.24) is 20.9 Å². The molecule has 0 spiro atoms. The molecular formula is C12H21BrN4O. The number of nitrogens with zero attached hydrogens (tertiary/aromatic N) is 1. The minimum Gasteiger partial charge on any atom is -0.337 e. The van der Waals surface area contributed by atoms with Crippen molar-refractivity contribution in [3.63, 3.8) is 0 Å². The first-order valence-corrected chi connectivity index (χ1v) is 7.78. The Labute approximate surface area is 116 Å². The third kappa shape index (κ3) is 2.71. The van der Waals surface area contributed by atoms with Gasteiger partial charge in [0.05, 0.1) is 12.7 Å². The molecule has 0 radical (unpaired) electrons. The molecule has 6 heteroatoms. The minimum atomic E-state index is 0.220. The predicted molar refractivity (Wildman–Crippen MR) is 73.7 cm³/mol. The quantitative estimate of drug-likeness (QED) is 0.608. The van der Waals surface area contributed by atoms with Crippen molar-refractivity contribution >= 4 is 21.8 Å². The third-order valence-electron chi connectivity index (χ3n) is 4.21. The van der Waals surface area contributed by atoms with Crippen LogP contribution in [-0.2, 0) is 4.79 Å².